The van der Waals surface area contributed by atoms with Gasteiger partial charge in [0.05, 0.1) is 10.6 Å². The van der Waals surface area contributed by atoms with Gasteiger partial charge in [-0.1, -0.05) is 0 Å². The van der Waals surface area contributed by atoms with Crippen molar-refractivity contribution in [2.75, 3.05) is 24.2 Å². The van der Waals surface area contributed by atoms with Crippen molar-refractivity contribution in [3.63, 3.8) is 0 Å². The van der Waals surface area contributed by atoms with Crippen LogP contribution in [-0.4, -0.2) is 40.7 Å². The van der Waals surface area contributed by atoms with Crippen LogP contribution in [0, 0.1) is 0 Å². The summed E-state index contributed by atoms with van der Waals surface area (Å²) >= 11 is 0. The van der Waals surface area contributed by atoms with E-state index in [-0.39, 0.29) is 23.6 Å². The summed E-state index contributed by atoms with van der Waals surface area (Å²) in [5.74, 6) is 0.189. The van der Waals surface area contributed by atoms with Crippen molar-refractivity contribution in [1.82, 2.24) is 9.71 Å². The van der Waals surface area contributed by atoms with Crippen molar-refractivity contribution < 1.29 is 16.8 Å². The Hall–Kier alpha value is -1.23. The summed E-state index contributed by atoms with van der Waals surface area (Å²) in [4.78, 5) is 4.04. The zero-order valence-corrected chi connectivity index (χ0v) is 12.7. The summed E-state index contributed by atoms with van der Waals surface area (Å²) in [6, 6.07) is 2.77. The smallest absolute Gasteiger partial charge is 0.240 e. The van der Waals surface area contributed by atoms with E-state index in [2.05, 4.69) is 15.0 Å². The average Bonchev–Trinajstić information content (AvgIpc) is 2.34. The molecule has 0 amide bonds. The number of pyridine rings is 1. The molecule has 0 aliphatic rings. The number of sulfonamides is 2. The molecule has 1 aromatic heterocycles. The predicted octanol–water partition coefficient (Wildman–Crippen LogP) is -0.530. The Labute approximate surface area is 118 Å². The molecular formula is C10H18N4O4S2. The Kier molecular flexibility index (Phi) is 5.87. The van der Waals surface area contributed by atoms with Crippen molar-refractivity contribution in [3.05, 3.63) is 18.3 Å². The third-order valence-corrected chi connectivity index (χ3v) is 4.61. The molecule has 0 radical (unpaired) electrons. The quantitative estimate of drug-likeness (QED) is 0.551. The van der Waals surface area contributed by atoms with E-state index in [0.29, 0.717) is 12.4 Å². The normalized spacial score (nSPS) is 12.3. The van der Waals surface area contributed by atoms with Crippen LogP contribution >= 0.6 is 0 Å². The number of rotatable bonds is 8. The molecule has 0 fully saturated rings. The summed E-state index contributed by atoms with van der Waals surface area (Å²) in [6.45, 7) is 2.49. The summed E-state index contributed by atoms with van der Waals surface area (Å²) in [5, 5.41) is 7.74. The number of hydrogen-bond donors (Lipinski definition) is 3. The Balaban J connectivity index is 2.66. The largest absolute Gasteiger partial charge is 0.370 e. The molecule has 0 unspecified atom stereocenters. The Morgan fingerprint density at radius 2 is 2.00 bits per heavy atom. The number of nitrogens with zero attached hydrogens (tertiary/aromatic N) is 1. The maximum atomic E-state index is 12.0. The van der Waals surface area contributed by atoms with Crippen LogP contribution in [-0.2, 0) is 20.0 Å². The zero-order chi connectivity index (χ0) is 15.2. The predicted molar refractivity (Wildman–Crippen MR) is 76.2 cm³/mol. The van der Waals surface area contributed by atoms with Gasteiger partial charge >= 0.3 is 0 Å². The minimum absolute atomic E-state index is 0.00236. The van der Waals surface area contributed by atoms with Crippen LogP contribution in [0.15, 0.2) is 23.2 Å². The van der Waals surface area contributed by atoms with Crippen molar-refractivity contribution in [3.8, 4) is 0 Å². The van der Waals surface area contributed by atoms with Crippen molar-refractivity contribution in [1.29, 1.82) is 0 Å². The molecule has 0 saturated heterocycles. The topological polar surface area (TPSA) is 131 Å². The molecule has 114 valence electrons. The van der Waals surface area contributed by atoms with Crippen LogP contribution in [0.4, 0.5) is 5.82 Å². The zero-order valence-electron chi connectivity index (χ0n) is 11.0. The molecule has 20 heavy (non-hydrogen) atoms. The van der Waals surface area contributed by atoms with E-state index in [0.717, 1.165) is 0 Å². The third kappa shape index (κ3) is 5.82. The third-order valence-electron chi connectivity index (χ3n) is 2.30. The molecule has 8 nitrogen and oxygen atoms in total. The van der Waals surface area contributed by atoms with Crippen LogP contribution < -0.4 is 15.2 Å². The maximum Gasteiger partial charge on any atom is 0.240 e. The van der Waals surface area contributed by atoms with E-state index in [1.165, 1.54) is 18.3 Å². The van der Waals surface area contributed by atoms with Crippen molar-refractivity contribution in [2.45, 2.75) is 18.2 Å². The number of nitrogens with one attached hydrogen (secondary N) is 2. The first-order valence-electron chi connectivity index (χ1n) is 5.94. The van der Waals surface area contributed by atoms with Gasteiger partial charge in [-0.3, -0.25) is 0 Å². The number of aromatic nitrogens is 1. The van der Waals surface area contributed by atoms with Crippen LogP contribution in [0.5, 0.6) is 0 Å². The number of nitrogens with two attached hydrogens (primary N) is 1. The first kappa shape index (κ1) is 16.8. The molecule has 0 aromatic carbocycles. The highest BCUT2D eigenvalue weighted by Crippen LogP contribution is 2.12. The van der Waals surface area contributed by atoms with Crippen LogP contribution in [0.1, 0.15) is 13.3 Å². The van der Waals surface area contributed by atoms with Gasteiger partial charge in [0.1, 0.15) is 5.82 Å². The molecule has 1 aromatic rings. The summed E-state index contributed by atoms with van der Waals surface area (Å²) in [5.41, 5.74) is 0. The first-order chi connectivity index (χ1) is 9.24. The maximum absolute atomic E-state index is 12.0. The van der Waals surface area contributed by atoms with Gasteiger partial charge < -0.3 is 5.32 Å². The monoisotopic (exact) mass is 322 g/mol. The van der Waals surface area contributed by atoms with Crippen LogP contribution in [0.2, 0.25) is 0 Å². The van der Waals surface area contributed by atoms with E-state index in [1.807, 2.05) is 6.92 Å². The molecule has 0 atom stereocenters. The minimum atomic E-state index is -3.68. The van der Waals surface area contributed by atoms with Gasteiger partial charge in [0.2, 0.25) is 20.0 Å². The number of hydrogen-bond acceptors (Lipinski definition) is 6. The summed E-state index contributed by atoms with van der Waals surface area (Å²) < 4.78 is 47.7. The van der Waals surface area contributed by atoms with Gasteiger partial charge in [0.25, 0.3) is 0 Å². The second-order valence-corrected chi connectivity index (χ2v) is 7.53. The van der Waals surface area contributed by atoms with E-state index in [4.69, 9.17) is 5.14 Å². The molecular weight excluding hydrogens is 304 g/mol. The van der Waals surface area contributed by atoms with Crippen LogP contribution in [0.25, 0.3) is 0 Å². The van der Waals surface area contributed by atoms with E-state index < -0.39 is 20.0 Å². The molecule has 4 N–H and O–H groups in total. The van der Waals surface area contributed by atoms with Crippen LogP contribution in [0.3, 0.4) is 0 Å². The SMILES string of the molecule is CCNc1cc(S(=O)(=O)NCCCS(N)(=O)=O)ccn1. The molecule has 1 heterocycles. The molecule has 0 spiro atoms. The lowest BCUT2D eigenvalue weighted by molar-refractivity contribution is 0.576. The molecule has 10 heteroatoms. The van der Waals surface area contributed by atoms with E-state index in [9.17, 15) is 16.8 Å². The van der Waals surface area contributed by atoms with Gasteiger partial charge in [-0.2, -0.15) is 0 Å². The lowest BCUT2D eigenvalue weighted by Crippen LogP contribution is -2.27. The average molecular weight is 322 g/mol. The van der Waals surface area contributed by atoms with E-state index in [1.54, 1.807) is 0 Å². The lowest BCUT2D eigenvalue weighted by Gasteiger charge is -2.08. The summed E-state index contributed by atoms with van der Waals surface area (Å²) in [7, 11) is -7.26. The molecule has 0 aliphatic heterocycles. The van der Waals surface area contributed by atoms with Crippen molar-refractivity contribution in [2.24, 2.45) is 5.14 Å². The fourth-order valence-corrected chi connectivity index (χ4v) is 3.05. The van der Waals surface area contributed by atoms with Gasteiger partial charge in [-0.25, -0.2) is 31.7 Å². The molecule has 0 aliphatic carbocycles. The second-order valence-electron chi connectivity index (χ2n) is 4.03. The Morgan fingerprint density at radius 3 is 2.60 bits per heavy atom. The van der Waals surface area contributed by atoms with Gasteiger partial charge in [-0.15, -0.1) is 0 Å². The number of primary sulfonamides is 1. The molecule has 0 saturated carbocycles. The standard InChI is InChI=1S/C10H18N4O4S2/c1-2-12-10-8-9(4-6-13-10)20(17,18)14-5-3-7-19(11,15)16/h4,6,8,14H,2-3,5,7H2,1H3,(H,12,13)(H2,11,15,16). The number of anilines is 1. The highest BCUT2D eigenvalue weighted by atomic mass is 32.2. The molecule has 0 bridgehead atoms. The van der Waals surface area contributed by atoms with E-state index >= 15 is 0 Å². The minimum Gasteiger partial charge on any atom is -0.370 e. The fourth-order valence-electron chi connectivity index (χ4n) is 1.42. The Morgan fingerprint density at radius 1 is 1.30 bits per heavy atom. The Bertz CT molecular complexity index is 643. The summed E-state index contributed by atoms with van der Waals surface area (Å²) in [6.07, 6.45) is 1.50. The highest BCUT2D eigenvalue weighted by molar-refractivity contribution is 7.89. The molecule has 1 rings (SSSR count). The fraction of sp³-hybridized carbons (Fsp3) is 0.500. The highest BCUT2D eigenvalue weighted by Gasteiger charge is 2.14. The van der Waals surface area contributed by atoms with Gasteiger partial charge in [0, 0.05) is 25.4 Å². The van der Waals surface area contributed by atoms with Crippen molar-refractivity contribution >= 4 is 25.9 Å². The lowest BCUT2D eigenvalue weighted by atomic mass is 10.4. The second kappa shape index (κ2) is 6.97. The van der Waals surface area contributed by atoms with Gasteiger partial charge in [-0.05, 0) is 19.4 Å². The van der Waals surface area contributed by atoms with Gasteiger partial charge in [0.15, 0.2) is 0 Å². The first-order valence-corrected chi connectivity index (χ1v) is 9.14.